The summed E-state index contributed by atoms with van der Waals surface area (Å²) in [6, 6.07) is 4.00. The average Bonchev–Trinajstić information content (AvgIpc) is 3.10. The van der Waals surface area contributed by atoms with Gasteiger partial charge >= 0.3 is 0 Å². The molecule has 8 nitrogen and oxygen atoms in total. The van der Waals surface area contributed by atoms with E-state index in [-0.39, 0.29) is 6.04 Å². The van der Waals surface area contributed by atoms with E-state index in [4.69, 9.17) is 4.74 Å². The van der Waals surface area contributed by atoms with E-state index in [0.717, 1.165) is 35.3 Å². The summed E-state index contributed by atoms with van der Waals surface area (Å²) in [6.07, 6.45) is 3.30. The molecule has 0 saturated heterocycles. The molecule has 0 radical (unpaired) electrons. The van der Waals surface area contributed by atoms with Crippen molar-refractivity contribution in [2.75, 3.05) is 11.4 Å². The molecule has 0 aromatic carbocycles. The van der Waals surface area contributed by atoms with Crippen molar-refractivity contribution in [3.05, 3.63) is 47.6 Å². The van der Waals surface area contributed by atoms with Gasteiger partial charge in [-0.25, -0.2) is 9.97 Å². The number of anilines is 1. The number of aryl methyl sites for hydroxylation is 1. The van der Waals surface area contributed by atoms with Gasteiger partial charge in [0, 0.05) is 18.7 Å². The molecule has 28 heavy (non-hydrogen) atoms. The van der Waals surface area contributed by atoms with Crippen LogP contribution in [0, 0.1) is 13.8 Å². The lowest BCUT2D eigenvalue weighted by Crippen LogP contribution is -2.38. The molecular formula is C20H25N7O. The second-order valence-electron chi connectivity index (χ2n) is 7.55. The van der Waals surface area contributed by atoms with Gasteiger partial charge in [-0.15, -0.1) is 10.2 Å². The number of hydrogen-bond donors (Lipinski definition) is 0. The molecule has 3 aromatic rings. The van der Waals surface area contributed by atoms with Crippen molar-refractivity contribution in [3.63, 3.8) is 0 Å². The fraction of sp³-hybridized carbons (Fsp3) is 0.450. The van der Waals surface area contributed by atoms with Crippen LogP contribution >= 0.6 is 0 Å². The molecule has 0 bridgehead atoms. The van der Waals surface area contributed by atoms with Crippen LogP contribution in [-0.2, 0) is 6.54 Å². The van der Waals surface area contributed by atoms with Crippen LogP contribution in [-0.4, -0.2) is 36.3 Å². The number of aromatic nitrogens is 6. The Kier molecular flexibility index (Phi) is 4.70. The van der Waals surface area contributed by atoms with Crippen LogP contribution in [0.25, 0.3) is 0 Å². The fourth-order valence-corrected chi connectivity index (χ4v) is 3.64. The Hall–Kier alpha value is -3.03. The van der Waals surface area contributed by atoms with Gasteiger partial charge in [0.2, 0.25) is 5.88 Å². The van der Waals surface area contributed by atoms with Crippen LogP contribution in [0.5, 0.6) is 11.6 Å². The molecule has 1 aliphatic heterocycles. The van der Waals surface area contributed by atoms with Crippen LogP contribution < -0.4 is 9.64 Å². The zero-order chi connectivity index (χ0) is 19.8. The Morgan fingerprint density at radius 1 is 1.14 bits per heavy atom. The molecule has 4 heterocycles. The van der Waals surface area contributed by atoms with Gasteiger partial charge in [-0.05, 0) is 32.9 Å². The summed E-state index contributed by atoms with van der Waals surface area (Å²) in [5.74, 6) is 4.45. The smallest absolute Gasteiger partial charge is 0.227 e. The van der Waals surface area contributed by atoms with E-state index in [1.165, 1.54) is 0 Å². The minimum absolute atomic E-state index is 0.260. The van der Waals surface area contributed by atoms with Crippen molar-refractivity contribution in [1.29, 1.82) is 0 Å². The van der Waals surface area contributed by atoms with Crippen molar-refractivity contribution in [1.82, 2.24) is 29.7 Å². The maximum atomic E-state index is 6.03. The molecule has 0 amide bonds. The lowest BCUT2D eigenvalue weighted by Gasteiger charge is -2.34. The van der Waals surface area contributed by atoms with Crippen molar-refractivity contribution >= 4 is 5.82 Å². The zero-order valence-corrected chi connectivity index (χ0v) is 16.9. The standard InChI is InChI=1S/C20H25N7O/c1-12(2)18-25-24-17-10-26(9-13(3)27(17)18)19-14(4)20(23-11-22-19)28-16-7-6-8-21-15(16)5/h6-8,11-13H,9-10H2,1-5H3/t13-/m0/s1. The number of rotatable bonds is 4. The Bertz CT molecular complexity index is 998. The minimum Gasteiger partial charge on any atom is -0.437 e. The lowest BCUT2D eigenvalue weighted by molar-refractivity contribution is 0.434. The topological polar surface area (TPSA) is 81.8 Å². The van der Waals surface area contributed by atoms with E-state index >= 15 is 0 Å². The van der Waals surface area contributed by atoms with Crippen LogP contribution in [0.3, 0.4) is 0 Å². The number of ether oxygens (including phenoxy) is 1. The van der Waals surface area contributed by atoms with Gasteiger partial charge in [-0.3, -0.25) is 4.98 Å². The summed E-state index contributed by atoms with van der Waals surface area (Å²) in [6.45, 7) is 11.9. The van der Waals surface area contributed by atoms with E-state index in [1.54, 1.807) is 12.5 Å². The molecule has 0 aliphatic carbocycles. The lowest BCUT2D eigenvalue weighted by atomic mass is 10.1. The van der Waals surface area contributed by atoms with Gasteiger partial charge in [0.15, 0.2) is 11.6 Å². The molecule has 0 unspecified atom stereocenters. The predicted octanol–water partition coefficient (Wildman–Crippen LogP) is 3.58. The third-order valence-electron chi connectivity index (χ3n) is 5.04. The summed E-state index contributed by atoms with van der Waals surface area (Å²) in [5, 5.41) is 8.83. The van der Waals surface area contributed by atoms with Crippen LogP contribution in [0.1, 0.15) is 55.6 Å². The van der Waals surface area contributed by atoms with Crippen molar-refractivity contribution in [3.8, 4) is 11.6 Å². The van der Waals surface area contributed by atoms with Crippen molar-refractivity contribution in [2.24, 2.45) is 0 Å². The first-order valence-corrected chi connectivity index (χ1v) is 9.55. The highest BCUT2D eigenvalue weighted by molar-refractivity contribution is 5.52. The van der Waals surface area contributed by atoms with Crippen LogP contribution in [0.4, 0.5) is 5.82 Å². The number of fused-ring (bicyclic) bond motifs is 1. The Labute approximate surface area is 164 Å². The van der Waals surface area contributed by atoms with Gasteiger partial charge in [-0.1, -0.05) is 13.8 Å². The first-order chi connectivity index (χ1) is 13.5. The number of hydrogen-bond acceptors (Lipinski definition) is 7. The second kappa shape index (κ2) is 7.18. The molecule has 4 rings (SSSR count). The van der Waals surface area contributed by atoms with E-state index in [9.17, 15) is 0 Å². The fourth-order valence-electron chi connectivity index (χ4n) is 3.64. The number of pyridine rings is 1. The molecule has 146 valence electrons. The third-order valence-corrected chi connectivity index (χ3v) is 5.04. The van der Waals surface area contributed by atoms with Crippen molar-refractivity contribution < 1.29 is 4.74 Å². The summed E-state index contributed by atoms with van der Waals surface area (Å²) in [5.41, 5.74) is 1.72. The SMILES string of the molecule is Cc1ncccc1Oc1ncnc(N2Cc3nnc(C(C)C)n3[C@@H](C)C2)c1C. The Balaban J connectivity index is 1.64. The first-order valence-electron chi connectivity index (χ1n) is 9.55. The summed E-state index contributed by atoms with van der Waals surface area (Å²) in [7, 11) is 0. The van der Waals surface area contributed by atoms with Crippen LogP contribution in [0.15, 0.2) is 24.7 Å². The molecule has 0 fully saturated rings. The largest absolute Gasteiger partial charge is 0.437 e. The second-order valence-corrected chi connectivity index (χ2v) is 7.55. The maximum absolute atomic E-state index is 6.03. The van der Waals surface area contributed by atoms with E-state index in [0.29, 0.717) is 24.1 Å². The van der Waals surface area contributed by atoms with E-state index in [2.05, 4.69) is 55.4 Å². The molecule has 3 aromatic heterocycles. The monoisotopic (exact) mass is 379 g/mol. The normalized spacial score (nSPS) is 16.4. The number of nitrogens with zero attached hydrogens (tertiary/aromatic N) is 7. The minimum atomic E-state index is 0.260. The summed E-state index contributed by atoms with van der Waals surface area (Å²) in [4.78, 5) is 15.4. The van der Waals surface area contributed by atoms with Gasteiger partial charge in [0.1, 0.15) is 18.0 Å². The average molecular weight is 379 g/mol. The molecule has 0 saturated carbocycles. The van der Waals surface area contributed by atoms with Crippen molar-refractivity contribution in [2.45, 2.75) is 53.1 Å². The molecular weight excluding hydrogens is 354 g/mol. The Morgan fingerprint density at radius 2 is 1.96 bits per heavy atom. The zero-order valence-electron chi connectivity index (χ0n) is 16.9. The molecule has 1 aliphatic rings. The molecule has 0 N–H and O–H groups in total. The third kappa shape index (κ3) is 3.19. The highest BCUT2D eigenvalue weighted by atomic mass is 16.5. The van der Waals surface area contributed by atoms with Crippen LogP contribution in [0.2, 0.25) is 0 Å². The van der Waals surface area contributed by atoms with Gasteiger partial charge < -0.3 is 14.2 Å². The highest BCUT2D eigenvalue weighted by Gasteiger charge is 2.29. The van der Waals surface area contributed by atoms with Gasteiger partial charge in [-0.2, -0.15) is 0 Å². The molecule has 0 spiro atoms. The van der Waals surface area contributed by atoms with E-state index < -0.39 is 0 Å². The predicted molar refractivity (Wildman–Crippen MR) is 106 cm³/mol. The highest BCUT2D eigenvalue weighted by Crippen LogP contribution is 2.33. The van der Waals surface area contributed by atoms with Gasteiger partial charge in [0.25, 0.3) is 0 Å². The summed E-state index contributed by atoms with van der Waals surface area (Å²) < 4.78 is 8.29. The maximum Gasteiger partial charge on any atom is 0.227 e. The first kappa shape index (κ1) is 18.3. The summed E-state index contributed by atoms with van der Waals surface area (Å²) >= 11 is 0. The molecule has 8 heteroatoms. The molecule has 1 atom stereocenters. The quantitative estimate of drug-likeness (QED) is 0.685. The van der Waals surface area contributed by atoms with E-state index in [1.807, 2.05) is 26.0 Å². The van der Waals surface area contributed by atoms with Gasteiger partial charge in [0.05, 0.1) is 23.8 Å². The Morgan fingerprint density at radius 3 is 2.71 bits per heavy atom.